The van der Waals surface area contributed by atoms with Crippen LogP contribution in [0.15, 0.2) is 47.4 Å². The third-order valence-corrected chi connectivity index (χ3v) is 6.53. The first-order chi connectivity index (χ1) is 15.7. The number of para-hydroxylation sites is 1. The Morgan fingerprint density at radius 2 is 1.94 bits per heavy atom. The van der Waals surface area contributed by atoms with Crippen LogP contribution in [0.5, 0.6) is 0 Å². The summed E-state index contributed by atoms with van der Waals surface area (Å²) in [4.78, 5) is 31.7. The molecule has 2 heterocycles. The highest BCUT2D eigenvalue weighted by Crippen LogP contribution is 2.30. The number of hydrogen-bond donors (Lipinski definition) is 1. The first kappa shape index (κ1) is 22.8. The van der Waals surface area contributed by atoms with Gasteiger partial charge in [-0.15, -0.1) is 0 Å². The van der Waals surface area contributed by atoms with Crippen molar-refractivity contribution < 1.29 is 27.5 Å². The number of anilines is 1. The number of pyridine rings is 1. The SMILES string of the molecule is COCc1nc2ccccc2c(C)c1C(=O)OCC(=O)N1CCc2cc(S(N)(=O)=O)ccc21. The second-order valence-corrected chi connectivity index (χ2v) is 9.28. The molecule has 0 saturated heterocycles. The Morgan fingerprint density at radius 1 is 1.18 bits per heavy atom. The molecule has 1 aliphatic heterocycles. The minimum atomic E-state index is -3.83. The smallest absolute Gasteiger partial charge is 0.340 e. The zero-order valence-electron chi connectivity index (χ0n) is 18.2. The molecule has 4 rings (SSSR count). The van der Waals surface area contributed by atoms with Gasteiger partial charge in [0, 0.05) is 24.7 Å². The first-order valence-electron chi connectivity index (χ1n) is 10.2. The Balaban J connectivity index is 1.54. The Morgan fingerprint density at radius 3 is 2.67 bits per heavy atom. The molecule has 0 radical (unpaired) electrons. The van der Waals surface area contributed by atoms with E-state index in [1.54, 1.807) is 6.92 Å². The normalized spacial score (nSPS) is 13.2. The molecule has 9 nitrogen and oxygen atoms in total. The minimum absolute atomic E-state index is 0.00747. The van der Waals surface area contributed by atoms with Crippen LogP contribution in [0.4, 0.5) is 5.69 Å². The maximum absolute atomic E-state index is 13.0. The highest BCUT2D eigenvalue weighted by molar-refractivity contribution is 7.89. The van der Waals surface area contributed by atoms with Crippen molar-refractivity contribution in [1.82, 2.24) is 4.98 Å². The van der Waals surface area contributed by atoms with Gasteiger partial charge < -0.3 is 14.4 Å². The molecular formula is C23H23N3O6S. The van der Waals surface area contributed by atoms with Gasteiger partial charge in [-0.3, -0.25) is 4.79 Å². The molecule has 1 aromatic heterocycles. The van der Waals surface area contributed by atoms with Crippen LogP contribution in [-0.4, -0.2) is 45.5 Å². The second-order valence-electron chi connectivity index (χ2n) is 7.72. The number of amides is 1. The topological polar surface area (TPSA) is 129 Å². The zero-order valence-corrected chi connectivity index (χ0v) is 19.0. The number of rotatable bonds is 6. The van der Waals surface area contributed by atoms with Gasteiger partial charge in [0.1, 0.15) is 0 Å². The summed E-state index contributed by atoms with van der Waals surface area (Å²) in [5, 5.41) is 6.00. The van der Waals surface area contributed by atoms with Crippen molar-refractivity contribution in [3.05, 3.63) is 64.8 Å². The molecule has 172 valence electrons. The number of methoxy groups -OCH3 is 1. The third kappa shape index (κ3) is 4.45. The number of nitrogens with two attached hydrogens (primary N) is 1. The number of hydrogen-bond acceptors (Lipinski definition) is 7. The van der Waals surface area contributed by atoms with Gasteiger partial charge >= 0.3 is 5.97 Å². The van der Waals surface area contributed by atoms with Crippen LogP contribution in [0.25, 0.3) is 10.9 Å². The first-order valence-corrected chi connectivity index (χ1v) is 11.8. The highest BCUT2D eigenvalue weighted by atomic mass is 32.2. The van der Waals surface area contributed by atoms with E-state index in [1.165, 1.54) is 30.2 Å². The van der Waals surface area contributed by atoms with E-state index in [-0.39, 0.29) is 17.1 Å². The van der Waals surface area contributed by atoms with Crippen molar-refractivity contribution in [3.63, 3.8) is 0 Å². The molecule has 0 unspecified atom stereocenters. The highest BCUT2D eigenvalue weighted by Gasteiger charge is 2.28. The average Bonchev–Trinajstić information content (AvgIpc) is 3.20. The maximum atomic E-state index is 13.0. The molecule has 33 heavy (non-hydrogen) atoms. The van der Waals surface area contributed by atoms with E-state index in [2.05, 4.69) is 4.98 Å². The Labute approximate surface area is 191 Å². The van der Waals surface area contributed by atoms with Crippen LogP contribution < -0.4 is 10.0 Å². The monoisotopic (exact) mass is 469 g/mol. The van der Waals surface area contributed by atoms with Gasteiger partial charge in [0.05, 0.1) is 28.3 Å². The summed E-state index contributed by atoms with van der Waals surface area (Å²) in [5.41, 5.74) is 3.43. The summed E-state index contributed by atoms with van der Waals surface area (Å²) in [6, 6.07) is 11.8. The quantitative estimate of drug-likeness (QED) is 0.547. The second kappa shape index (κ2) is 8.89. The van der Waals surface area contributed by atoms with Crippen LogP contribution >= 0.6 is 0 Å². The average molecular weight is 470 g/mol. The number of aryl methyl sites for hydroxylation is 1. The summed E-state index contributed by atoms with van der Waals surface area (Å²) in [5.74, 6) is -1.07. The molecule has 2 aromatic carbocycles. The molecule has 0 saturated carbocycles. The molecule has 3 aromatic rings. The standard InChI is InChI=1S/C23H23N3O6S/c1-14-17-5-3-4-6-18(17)25-19(12-31-2)22(14)23(28)32-13-21(27)26-10-9-15-11-16(33(24,29)30)7-8-20(15)26/h3-8,11H,9-10,12-13H2,1-2H3,(H2,24,29,30). The lowest BCUT2D eigenvalue weighted by molar-refractivity contribution is -0.121. The van der Waals surface area contributed by atoms with Crippen LogP contribution in [-0.2, 0) is 37.3 Å². The number of carbonyl (C=O) groups is 2. The summed E-state index contributed by atoms with van der Waals surface area (Å²) in [7, 11) is -2.32. The van der Waals surface area contributed by atoms with E-state index >= 15 is 0 Å². The van der Waals surface area contributed by atoms with E-state index in [0.29, 0.717) is 35.5 Å². The Kier molecular flexibility index (Phi) is 6.15. The van der Waals surface area contributed by atoms with Gasteiger partial charge in [-0.05, 0) is 48.7 Å². The molecule has 10 heteroatoms. The van der Waals surface area contributed by atoms with Crippen LogP contribution in [0.1, 0.15) is 27.2 Å². The predicted octanol–water partition coefficient (Wildman–Crippen LogP) is 2.08. The molecule has 0 atom stereocenters. The molecule has 0 bridgehead atoms. The van der Waals surface area contributed by atoms with Crippen molar-refractivity contribution in [3.8, 4) is 0 Å². The number of fused-ring (bicyclic) bond motifs is 2. The van der Waals surface area contributed by atoms with Gasteiger partial charge in [-0.25, -0.2) is 23.3 Å². The number of sulfonamides is 1. The third-order valence-electron chi connectivity index (χ3n) is 5.62. The van der Waals surface area contributed by atoms with Gasteiger partial charge in [-0.1, -0.05) is 18.2 Å². The summed E-state index contributed by atoms with van der Waals surface area (Å²) in [6.07, 6.45) is 0.476. The molecule has 0 fully saturated rings. The molecule has 0 spiro atoms. The molecule has 1 amide bonds. The summed E-state index contributed by atoms with van der Waals surface area (Å²) in [6.45, 7) is 1.82. The lowest BCUT2D eigenvalue weighted by atomic mass is 10.0. The largest absolute Gasteiger partial charge is 0.452 e. The number of carbonyl (C=O) groups excluding carboxylic acids is 2. The number of benzene rings is 2. The number of esters is 1. The fraction of sp³-hybridized carbons (Fsp3) is 0.261. The van der Waals surface area contributed by atoms with E-state index < -0.39 is 28.5 Å². The van der Waals surface area contributed by atoms with E-state index in [9.17, 15) is 18.0 Å². The van der Waals surface area contributed by atoms with Crippen molar-refractivity contribution in [2.45, 2.75) is 24.8 Å². The number of aromatic nitrogens is 1. The fourth-order valence-electron chi connectivity index (χ4n) is 4.04. The number of ether oxygens (including phenoxy) is 2. The van der Waals surface area contributed by atoms with Gasteiger partial charge in [0.2, 0.25) is 10.0 Å². The van der Waals surface area contributed by atoms with Crippen molar-refractivity contribution in [1.29, 1.82) is 0 Å². The Hall–Kier alpha value is -3.34. The van der Waals surface area contributed by atoms with E-state index in [1.807, 2.05) is 24.3 Å². The van der Waals surface area contributed by atoms with Crippen molar-refractivity contribution in [2.75, 3.05) is 25.2 Å². The fourth-order valence-corrected chi connectivity index (χ4v) is 4.61. The summed E-state index contributed by atoms with van der Waals surface area (Å²) < 4.78 is 33.7. The van der Waals surface area contributed by atoms with Gasteiger partial charge in [0.15, 0.2) is 6.61 Å². The zero-order chi connectivity index (χ0) is 23.8. The van der Waals surface area contributed by atoms with Crippen LogP contribution in [0.2, 0.25) is 0 Å². The maximum Gasteiger partial charge on any atom is 0.340 e. The summed E-state index contributed by atoms with van der Waals surface area (Å²) >= 11 is 0. The molecule has 0 aliphatic carbocycles. The van der Waals surface area contributed by atoms with Crippen molar-refractivity contribution in [2.24, 2.45) is 5.14 Å². The number of nitrogens with zero attached hydrogens (tertiary/aromatic N) is 2. The molecule has 2 N–H and O–H groups in total. The molecule has 1 aliphatic rings. The van der Waals surface area contributed by atoms with Crippen LogP contribution in [0, 0.1) is 6.92 Å². The predicted molar refractivity (Wildman–Crippen MR) is 121 cm³/mol. The lowest BCUT2D eigenvalue weighted by Crippen LogP contribution is -2.33. The van der Waals surface area contributed by atoms with Crippen LogP contribution in [0.3, 0.4) is 0 Å². The minimum Gasteiger partial charge on any atom is -0.452 e. The lowest BCUT2D eigenvalue weighted by Gasteiger charge is -2.18. The van der Waals surface area contributed by atoms with E-state index in [4.69, 9.17) is 14.6 Å². The number of primary sulfonamides is 1. The molecular weight excluding hydrogens is 446 g/mol. The van der Waals surface area contributed by atoms with Crippen molar-refractivity contribution >= 4 is 38.5 Å². The van der Waals surface area contributed by atoms with E-state index in [0.717, 1.165) is 10.9 Å². The Bertz CT molecular complexity index is 1370. The van der Waals surface area contributed by atoms with Gasteiger partial charge in [-0.2, -0.15) is 0 Å². The van der Waals surface area contributed by atoms with Gasteiger partial charge in [0.25, 0.3) is 5.91 Å².